The molecule has 1 saturated heterocycles. The molecule has 1 unspecified atom stereocenters. The van der Waals surface area contributed by atoms with Crippen LogP contribution in [0, 0.1) is 5.92 Å². The molecular formula is C7H10O. The SMILES string of the molecule is C=C1CC(C)C(=C)O1. The number of hydrogen-bond acceptors (Lipinski definition) is 1. The van der Waals surface area contributed by atoms with Gasteiger partial charge in [0.15, 0.2) is 0 Å². The smallest absolute Gasteiger partial charge is 0.0996 e. The lowest BCUT2D eigenvalue weighted by Crippen LogP contribution is -1.85. The predicted molar refractivity (Wildman–Crippen MR) is 33.1 cm³/mol. The van der Waals surface area contributed by atoms with E-state index >= 15 is 0 Å². The standard InChI is InChI=1S/C7H10O/c1-5-4-6(2)8-7(5)3/h5H,2-4H2,1H3. The van der Waals surface area contributed by atoms with Crippen LogP contribution in [-0.2, 0) is 4.74 Å². The molecule has 1 nitrogen and oxygen atoms in total. The van der Waals surface area contributed by atoms with Gasteiger partial charge in [0.2, 0.25) is 0 Å². The molecule has 0 spiro atoms. The summed E-state index contributed by atoms with van der Waals surface area (Å²) in [7, 11) is 0. The van der Waals surface area contributed by atoms with Crippen molar-refractivity contribution < 1.29 is 4.74 Å². The van der Waals surface area contributed by atoms with Gasteiger partial charge in [0.1, 0.15) is 0 Å². The molecule has 1 fully saturated rings. The molecule has 0 aromatic carbocycles. The minimum Gasteiger partial charge on any atom is -0.467 e. The first kappa shape index (κ1) is 5.42. The van der Waals surface area contributed by atoms with E-state index in [2.05, 4.69) is 20.1 Å². The first-order valence-corrected chi connectivity index (χ1v) is 2.74. The van der Waals surface area contributed by atoms with Crippen molar-refractivity contribution in [2.45, 2.75) is 13.3 Å². The molecule has 44 valence electrons. The fourth-order valence-electron chi connectivity index (χ4n) is 0.783. The van der Waals surface area contributed by atoms with Crippen LogP contribution in [0.2, 0.25) is 0 Å². The summed E-state index contributed by atoms with van der Waals surface area (Å²) in [4.78, 5) is 0. The Morgan fingerprint density at radius 1 is 1.62 bits per heavy atom. The maximum absolute atomic E-state index is 5.08. The topological polar surface area (TPSA) is 9.23 Å². The van der Waals surface area contributed by atoms with Crippen LogP contribution in [0.5, 0.6) is 0 Å². The van der Waals surface area contributed by atoms with Gasteiger partial charge in [0.05, 0.1) is 11.5 Å². The van der Waals surface area contributed by atoms with Crippen LogP contribution >= 0.6 is 0 Å². The second-order valence-corrected chi connectivity index (χ2v) is 2.21. The average molecular weight is 110 g/mol. The van der Waals surface area contributed by atoms with E-state index in [0.29, 0.717) is 5.92 Å². The molecule has 8 heavy (non-hydrogen) atoms. The van der Waals surface area contributed by atoms with Crippen LogP contribution in [0.4, 0.5) is 0 Å². The minimum atomic E-state index is 0.475. The molecule has 0 radical (unpaired) electrons. The van der Waals surface area contributed by atoms with E-state index in [4.69, 9.17) is 4.74 Å². The van der Waals surface area contributed by atoms with Gasteiger partial charge in [-0.1, -0.05) is 20.1 Å². The Morgan fingerprint density at radius 3 is 2.38 bits per heavy atom. The van der Waals surface area contributed by atoms with Crippen molar-refractivity contribution >= 4 is 0 Å². The number of allylic oxidation sites excluding steroid dienone is 2. The van der Waals surface area contributed by atoms with Crippen molar-refractivity contribution in [1.29, 1.82) is 0 Å². The highest BCUT2D eigenvalue weighted by molar-refractivity contribution is 5.06. The third kappa shape index (κ3) is 0.760. The fourth-order valence-corrected chi connectivity index (χ4v) is 0.783. The zero-order valence-electron chi connectivity index (χ0n) is 5.11. The third-order valence-corrected chi connectivity index (χ3v) is 1.36. The largest absolute Gasteiger partial charge is 0.467 e. The zero-order chi connectivity index (χ0) is 6.15. The first-order chi connectivity index (χ1) is 3.70. The Balaban J connectivity index is 2.64. The van der Waals surface area contributed by atoms with Crippen LogP contribution < -0.4 is 0 Å². The van der Waals surface area contributed by atoms with Crippen molar-refractivity contribution in [3.63, 3.8) is 0 Å². The van der Waals surface area contributed by atoms with Gasteiger partial charge in [0, 0.05) is 12.3 Å². The van der Waals surface area contributed by atoms with Crippen LogP contribution in [0.3, 0.4) is 0 Å². The van der Waals surface area contributed by atoms with E-state index < -0.39 is 0 Å². The summed E-state index contributed by atoms with van der Waals surface area (Å²) in [6.45, 7) is 9.46. The summed E-state index contributed by atoms with van der Waals surface area (Å²) < 4.78 is 5.08. The normalized spacial score (nSPS) is 28.4. The van der Waals surface area contributed by atoms with E-state index in [1.807, 2.05) is 0 Å². The number of ether oxygens (including phenoxy) is 1. The highest BCUT2D eigenvalue weighted by Gasteiger charge is 2.18. The Labute approximate surface area is 49.7 Å². The fraction of sp³-hybridized carbons (Fsp3) is 0.429. The highest BCUT2D eigenvalue weighted by Crippen LogP contribution is 2.28. The molecule has 0 aromatic rings. The molecule has 1 atom stereocenters. The molecule has 0 N–H and O–H groups in total. The zero-order valence-corrected chi connectivity index (χ0v) is 5.11. The molecule has 1 aliphatic rings. The van der Waals surface area contributed by atoms with E-state index in [1.165, 1.54) is 0 Å². The lowest BCUT2D eigenvalue weighted by atomic mass is 10.1. The second-order valence-electron chi connectivity index (χ2n) is 2.21. The Bertz CT molecular complexity index is 135. The number of hydrogen-bond donors (Lipinski definition) is 0. The average Bonchev–Trinajstić information content (AvgIpc) is 1.85. The van der Waals surface area contributed by atoms with Gasteiger partial charge >= 0.3 is 0 Å². The molecule has 0 bridgehead atoms. The molecular weight excluding hydrogens is 100 g/mol. The van der Waals surface area contributed by atoms with Gasteiger partial charge in [-0.3, -0.25) is 0 Å². The van der Waals surface area contributed by atoms with Crippen molar-refractivity contribution in [3.8, 4) is 0 Å². The lowest BCUT2D eigenvalue weighted by molar-refractivity contribution is 0.334. The Kier molecular flexibility index (Phi) is 1.12. The molecule has 0 saturated carbocycles. The van der Waals surface area contributed by atoms with Crippen LogP contribution in [0.15, 0.2) is 24.7 Å². The third-order valence-electron chi connectivity index (χ3n) is 1.36. The molecule has 0 amide bonds. The van der Waals surface area contributed by atoms with Crippen molar-refractivity contribution in [1.82, 2.24) is 0 Å². The molecule has 0 aliphatic carbocycles. The van der Waals surface area contributed by atoms with Gasteiger partial charge in [-0.2, -0.15) is 0 Å². The summed E-state index contributed by atoms with van der Waals surface area (Å²) >= 11 is 0. The van der Waals surface area contributed by atoms with Gasteiger partial charge in [-0.15, -0.1) is 0 Å². The molecule has 1 heteroatoms. The van der Waals surface area contributed by atoms with E-state index in [0.717, 1.165) is 17.9 Å². The van der Waals surface area contributed by atoms with Crippen molar-refractivity contribution in [3.05, 3.63) is 24.7 Å². The van der Waals surface area contributed by atoms with Gasteiger partial charge in [-0.25, -0.2) is 0 Å². The van der Waals surface area contributed by atoms with E-state index in [-0.39, 0.29) is 0 Å². The maximum Gasteiger partial charge on any atom is 0.0996 e. The highest BCUT2D eigenvalue weighted by atomic mass is 16.5. The van der Waals surface area contributed by atoms with Crippen LogP contribution in [0.25, 0.3) is 0 Å². The monoisotopic (exact) mass is 110 g/mol. The summed E-state index contributed by atoms with van der Waals surface area (Å²) in [5.74, 6) is 2.18. The predicted octanol–water partition coefficient (Wildman–Crippen LogP) is 2.07. The Morgan fingerprint density at radius 2 is 2.25 bits per heavy atom. The van der Waals surface area contributed by atoms with E-state index in [1.54, 1.807) is 0 Å². The first-order valence-electron chi connectivity index (χ1n) is 2.74. The molecule has 1 aliphatic heterocycles. The number of rotatable bonds is 0. The lowest BCUT2D eigenvalue weighted by Gasteiger charge is -1.95. The second kappa shape index (κ2) is 1.66. The molecule has 0 aromatic heterocycles. The van der Waals surface area contributed by atoms with Gasteiger partial charge in [0.25, 0.3) is 0 Å². The van der Waals surface area contributed by atoms with Crippen LogP contribution in [0.1, 0.15) is 13.3 Å². The quantitative estimate of drug-likeness (QED) is 0.464. The summed E-state index contributed by atoms with van der Waals surface area (Å²) in [6, 6.07) is 0. The summed E-state index contributed by atoms with van der Waals surface area (Å²) in [5, 5.41) is 0. The minimum absolute atomic E-state index is 0.475. The molecule has 1 rings (SSSR count). The Hall–Kier alpha value is -0.720. The van der Waals surface area contributed by atoms with Crippen LogP contribution in [-0.4, -0.2) is 0 Å². The van der Waals surface area contributed by atoms with Crippen molar-refractivity contribution in [2.75, 3.05) is 0 Å². The van der Waals surface area contributed by atoms with Gasteiger partial charge < -0.3 is 4.74 Å². The summed E-state index contributed by atoms with van der Waals surface area (Å²) in [5.41, 5.74) is 0. The summed E-state index contributed by atoms with van der Waals surface area (Å²) in [6.07, 6.45) is 0.943. The molecule has 1 heterocycles. The maximum atomic E-state index is 5.08. The van der Waals surface area contributed by atoms with Crippen molar-refractivity contribution in [2.24, 2.45) is 5.92 Å². The van der Waals surface area contributed by atoms with Gasteiger partial charge in [-0.05, 0) is 0 Å². The van der Waals surface area contributed by atoms with E-state index in [9.17, 15) is 0 Å².